The van der Waals surface area contributed by atoms with Crippen molar-refractivity contribution in [3.63, 3.8) is 0 Å². The monoisotopic (exact) mass is 406 g/mol. The second-order valence-corrected chi connectivity index (χ2v) is 8.82. The van der Waals surface area contributed by atoms with Crippen molar-refractivity contribution in [2.75, 3.05) is 27.2 Å². The van der Waals surface area contributed by atoms with Crippen LogP contribution in [0.2, 0.25) is 0 Å². The fraction of sp³-hybridized carbons (Fsp3) is 0.440. The van der Waals surface area contributed by atoms with Crippen molar-refractivity contribution in [3.8, 4) is 5.75 Å². The predicted molar refractivity (Wildman–Crippen MR) is 117 cm³/mol. The maximum Gasteiger partial charge on any atom is 0.254 e. The third kappa shape index (κ3) is 3.93. The van der Waals surface area contributed by atoms with Crippen molar-refractivity contribution in [3.05, 3.63) is 65.2 Å². The number of ether oxygens (including phenoxy) is 1. The van der Waals surface area contributed by atoms with E-state index in [-0.39, 0.29) is 23.3 Å². The van der Waals surface area contributed by atoms with Gasteiger partial charge in [-0.3, -0.25) is 9.59 Å². The minimum Gasteiger partial charge on any atom is -0.487 e. The molecular weight excluding hydrogens is 376 g/mol. The van der Waals surface area contributed by atoms with Crippen molar-refractivity contribution in [2.24, 2.45) is 0 Å². The van der Waals surface area contributed by atoms with E-state index in [1.165, 1.54) is 0 Å². The summed E-state index contributed by atoms with van der Waals surface area (Å²) in [5.41, 5.74) is 2.59. The number of para-hydroxylation sites is 1. The first-order valence-corrected chi connectivity index (χ1v) is 10.7. The molecule has 5 nitrogen and oxygen atoms in total. The summed E-state index contributed by atoms with van der Waals surface area (Å²) in [6.45, 7) is 3.32. The third-order valence-electron chi connectivity index (χ3n) is 6.56. The molecule has 1 atom stereocenters. The van der Waals surface area contributed by atoms with Gasteiger partial charge in [-0.1, -0.05) is 36.4 Å². The Labute approximate surface area is 178 Å². The van der Waals surface area contributed by atoms with Gasteiger partial charge in [0, 0.05) is 57.9 Å². The lowest BCUT2D eigenvalue weighted by atomic mass is 9.76. The first kappa shape index (κ1) is 20.5. The highest BCUT2D eigenvalue weighted by molar-refractivity contribution is 5.95. The number of amides is 2. The van der Waals surface area contributed by atoms with Crippen LogP contribution in [0.3, 0.4) is 0 Å². The number of aryl methyl sites for hydroxylation is 1. The number of benzene rings is 2. The van der Waals surface area contributed by atoms with E-state index in [2.05, 4.69) is 6.07 Å². The van der Waals surface area contributed by atoms with Gasteiger partial charge in [0.2, 0.25) is 5.91 Å². The number of likely N-dealkylation sites (tertiary alicyclic amines) is 1. The Balaban J connectivity index is 1.51. The van der Waals surface area contributed by atoms with Crippen molar-refractivity contribution < 1.29 is 14.3 Å². The highest BCUT2D eigenvalue weighted by Gasteiger charge is 2.44. The molecule has 2 aromatic carbocycles. The quantitative estimate of drug-likeness (QED) is 0.774. The van der Waals surface area contributed by atoms with Crippen LogP contribution >= 0.6 is 0 Å². The largest absolute Gasteiger partial charge is 0.487 e. The molecule has 2 amide bonds. The van der Waals surface area contributed by atoms with Crippen LogP contribution in [0.4, 0.5) is 0 Å². The highest BCUT2D eigenvalue weighted by atomic mass is 16.5. The van der Waals surface area contributed by atoms with Gasteiger partial charge in [0.05, 0.1) is 0 Å². The summed E-state index contributed by atoms with van der Waals surface area (Å²) in [7, 11) is 3.61. The maximum atomic E-state index is 13.0. The zero-order chi connectivity index (χ0) is 21.3. The van der Waals surface area contributed by atoms with E-state index in [4.69, 9.17) is 4.74 Å². The smallest absolute Gasteiger partial charge is 0.254 e. The first-order chi connectivity index (χ1) is 14.4. The Morgan fingerprint density at radius 1 is 1.07 bits per heavy atom. The number of hydrogen-bond donors (Lipinski definition) is 0. The van der Waals surface area contributed by atoms with E-state index < -0.39 is 0 Å². The normalized spacial score (nSPS) is 19.7. The molecule has 5 heteroatoms. The number of hydrogen-bond acceptors (Lipinski definition) is 3. The molecule has 30 heavy (non-hydrogen) atoms. The van der Waals surface area contributed by atoms with Crippen molar-refractivity contribution in [2.45, 2.75) is 44.1 Å². The Kier molecular flexibility index (Phi) is 5.54. The number of piperidine rings is 1. The molecule has 2 heterocycles. The van der Waals surface area contributed by atoms with Gasteiger partial charge in [-0.2, -0.15) is 0 Å². The Hall–Kier alpha value is -2.82. The van der Waals surface area contributed by atoms with Crippen molar-refractivity contribution in [1.82, 2.24) is 9.80 Å². The molecule has 158 valence electrons. The number of rotatable bonds is 3. The van der Waals surface area contributed by atoms with Crippen LogP contribution < -0.4 is 4.74 Å². The van der Waals surface area contributed by atoms with Gasteiger partial charge in [-0.25, -0.2) is 0 Å². The molecule has 0 bridgehead atoms. The fourth-order valence-corrected chi connectivity index (χ4v) is 4.73. The van der Waals surface area contributed by atoms with Crippen LogP contribution in [0.5, 0.6) is 5.75 Å². The SMILES string of the molecule is Cc1ccccc1C(=O)N1CCC2(CC1)C[C@H](CC(=O)N(C)C)c1ccccc1O2. The van der Waals surface area contributed by atoms with E-state index >= 15 is 0 Å². The standard InChI is InChI=1S/C25H30N2O3/c1-18-8-4-5-9-20(18)24(29)27-14-12-25(13-15-27)17-19(16-23(28)26(2)3)21-10-6-7-11-22(21)30-25/h4-11,19H,12-17H2,1-3H3/t19-/m0/s1. The third-order valence-corrected chi connectivity index (χ3v) is 6.56. The van der Waals surface area contributed by atoms with E-state index in [1.807, 2.05) is 54.3 Å². The molecule has 0 aliphatic carbocycles. The number of carbonyl (C=O) groups is 2. The molecule has 0 aromatic heterocycles. The minimum absolute atomic E-state index is 0.0958. The second kappa shape index (κ2) is 8.13. The maximum absolute atomic E-state index is 13.0. The van der Waals surface area contributed by atoms with Gasteiger partial charge >= 0.3 is 0 Å². The molecule has 2 aliphatic rings. The molecule has 2 aliphatic heterocycles. The molecule has 2 aromatic rings. The topological polar surface area (TPSA) is 49.9 Å². The molecule has 0 unspecified atom stereocenters. The van der Waals surface area contributed by atoms with E-state index in [1.54, 1.807) is 19.0 Å². The summed E-state index contributed by atoms with van der Waals surface area (Å²) in [5, 5.41) is 0. The summed E-state index contributed by atoms with van der Waals surface area (Å²) in [4.78, 5) is 29.1. The van der Waals surface area contributed by atoms with Gasteiger partial charge in [0.1, 0.15) is 11.4 Å². The molecule has 4 rings (SSSR count). The second-order valence-electron chi connectivity index (χ2n) is 8.82. The Morgan fingerprint density at radius 2 is 1.73 bits per heavy atom. The molecule has 1 spiro atoms. The lowest BCUT2D eigenvalue weighted by Gasteiger charge is -2.47. The van der Waals surface area contributed by atoms with E-state index in [0.717, 1.165) is 41.7 Å². The van der Waals surface area contributed by atoms with Crippen LogP contribution in [-0.2, 0) is 4.79 Å². The summed E-state index contributed by atoms with van der Waals surface area (Å²) in [6.07, 6.45) is 2.87. The predicted octanol–water partition coefficient (Wildman–Crippen LogP) is 4.01. The zero-order valence-electron chi connectivity index (χ0n) is 18.1. The average Bonchev–Trinajstić information content (AvgIpc) is 2.74. The van der Waals surface area contributed by atoms with Crippen molar-refractivity contribution >= 4 is 11.8 Å². The summed E-state index contributed by atoms with van der Waals surface area (Å²) >= 11 is 0. The Morgan fingerprint density at radius 3 is 2.43 bits per heavy atom. The van der Waals surface area contributed by atoms with E-state index in [9.17, 15) is 9.59 Å². The zero-order valence-corrected chi connectivity index (χ0v) is 18.1. The fourth-order valence-electron chi connectivity index (χ4n) is 4.73. The molecule has 1 fully saturated rings. The minimum atomic E-state index is -0.311. The van der Waals surface area contributed by atoms with Crippen LogP contribution in [0.25, 0.3) is 0 Å². The first-order valence-electron chi connectivity index (χ1n) is 10.7. The van der Waals surface area contributed by atoms with Gasteiger partial charge in [0.15, 0.2) is 0 Å². The van der Waals surface area contributed by atoms with Gasteiger partial charge in [0.25, 0.3) is 5.91 Å². The number of carbonyl (C=O) groups excluding carboxylic acids is 2. The molecular formula is C25H30N2O3. The van der Waals surface area contributed by atoms with Gasteiger partial charge in [-0.15, -0.1) is 0 Å². The summed E-state index contributed by atoms with van der Waals surface area (Å²) in [5.74, 6) is 1.26. The lowest BCUT2D eigenvalue weighted by molar-refractivity contribution is -0.129. The highest BCUT2D eigenvalue weighted by Crippen LogP contribution is 2.46. The summed E-state index contributed by atoms with van der Waals surface area (Å²) < 4.78 is 6.53. The number of nitrogens with zero attached hydrogens (tertiary/aromatic N) is 2. The van der Waals surface area contributed by atoms with Crippen LogP contribution in [0.1, 0.15) is 53.1 Å². The lowest BCUT2D eigenvalue weighted by Crippen LogP contribution is -2.52. The van der Waals surface area contributed by atoms with Crippen molar-refractivity contribution in [1.29, 1.82) is 0 Å². The van der Waals surface area contributed by atoms with E-state index in [0.29, 0.717) is 19.5 Å². The van der Waals surface area contributed by atoms with Gasteiger partial charge < -0.3 is 14.5 Å². The number of fused-ring (bicyclic) bond motifs is 1. The molecule has 1 saturated heterocycles. The Bertz CT molecular complexity index is 945. The summed E-state index contributed by atoms with van der Waals surface area (Å²) in [6, 6.07) is 15.8. The van der Waals surface area contributed by atoms with Crippen LogP contribution in [0, 0.1) is 6.92 Å². The molecule has 0 N–H and O–H groups in total. The van der Waals surface area contributed by atoms with Crippen LogP contribution in [-0.4, -0.2) is 54.4 Å². The molecule has 0 saturated carbocycles. The van der Waals surface area contributed by atoms with Gasteiger partial charge in [-0.05, 0) is 36.6 Å². The average molecular weight is 407 g/mol. The molecule has 0 radical (unpaired) electrons. The van der Waals surface area contributed by atoms with Crippen LogP contribution in [0.15, 0.2) is 48.5 Å².